The van der Waals surface area contributed by atoms with Crippen molar-refractivity contribution in [2.24, 2.45) is 0 Å². The van der Waals surface area contributed by atoms with Crippen LogP contribution >= 0.6 is 24.2 Å². The van der Waals surface area contributed by atoms with Gasteiger partial charge in [-0.05, 0) is 17.9 Å². The SMILES string of the molecule is CSCCC(=O)N1CCNCC1c1cccnc1.Cl. The summed E-state index contributed by atoms with van der Waals surface area (Å²) in [6.07, 6.45) is 6.27. The molecule has 1 aromatic rings. The minimum Gasteiger partial charge on any atom is -0.333 e. The molecule has 2 rings (SSSR count). The van der Waals surface area contributed by atoms with Gasteiger partial charge in [-0.3, -0.25) is 9.78 Å². The first-order valence-corrected chi connectivity index (χ1v) is 7.61. The van der Waals surface area contributed by atoms with Crippen molar-refractivity contribution in [3.8, 4) is 0 Å². The Morgan fingerprint density at radius 2 is 2.47 bits per heavy atom. The van der Waals surface area contributed by atoms with E-state index < -0.39 is 0 Å². The lowest BCUT2D eigenvalue weighted by Crippen LogP contribution is -2.48. The molecule has 0 aromatic carbocycles. The number of amides is 1. The van der Waals surface area contributed by atoms with E-state index in [1.54, 1.807) is 18.0 Å². The molecular weight excluding hydrogens is 282 g/mol. The number of pyridine rings is 1. The molecule has 0 saturated carbocycles. The number of thioether (sulfide) groups is 1. The van der Waals surface area contributed by atoms with E-state index in [4.69, 9.17) is 0 Å². The normalized spacial score (nSPS) is 18.8. The van der Waals surface area contributed by atoms with Crippen molar-refractivity contribution in [1.82, 2.24) is 15.2 Å². The lowest BCUT2D eigenvalue weighted by Gasteiger charge is -2.36. The van der Waals surface area contributed by atoms with Crippen molar-refractivity contribution in [2.75, 3.05) is 31.6 Å². The average molecular weight is 302 g/mol. The quantitative estimate of drug-likeness (QED) is 0.920. The van der Waals surface area contributed by atoms with Crippen LogP contribution in [0.5, 0.6) is 0 Å². The molecule has 2 heterocycles. The van der Waals surface area contributed by atoms with Gasteiger partial charge < -0.3 is 10.2 Å². The number of rotatable bonds is 4. The van der Waals surface area contributed by atoms with Gasteiger partial charge in [0, 0.05) is 44.2 Å². The van der Waals surface area contributed by atoms with E-state index in [0.29, 0.717) is 6.42 Å². The van der Waals surface area contributed by atoms with Gasteiger partial charge >= 0.3 is 0 Å². The van der Waals surface area contributed by atoms with Crippen LogP contribution in [0.15, 0.2) is 24.5 Å². The highest BCUT2D eigenvalue weighted by Crippen LogP contribution is 2.22. The summed E-state index contributed by atoms with van der Waals surface area (Å²) in [4.78, 5) is 18.3. The van der Waals surface area contributed by atoms with Crippen LogP contribution in [0.1, 0.15) is 18.0 Å². The number of halogens is 1. The molecule has 0 spiro atoms. The second kappa shape index (κ2) is 8.40. The lowest BCUT2D eigenvalue weighted by molar-refractivity contribution is -0.134. The Kier molecular flexibility index (Phi) is 7.20. The van der Waals surface area contributed by atoms with Gasteiger partial charge in [-0.1, -0.05) is 6.07 Å². The third kappa shape index (κ3) is 4.37. The number of carbonyl (C=O) groups is 1. The molecular formula is C13H20ClN3OS. The summed E-state index contributed by atoms with van der Waals surface area (Å²) in [6.45, 7) is 2.48. The van der Waals surface area contributed by atoms with Crippen molar-refractivity contribution < 1.29 is 4.79 Å². The molecule has 1 atom stereocenters. The van der Waals surface area contributed by atoms with E-state index in [9.17, 15) is 4.79 Å². The van der Waals surface area contributed by atoms with Crippen molar-refractivity contribution in [3.05, 3.63) is 30.1 Å². The zero-order chi connectivity index (χ0) is 12.8. The molecule has 4 nitrogen and oxygen atoms in total. The zero-order valence-corrected chi connectivity index (χ0v) is 12.7. The second-order valence-corrected chi connectivity index (χ2v) is 5.32. The highest BCUT2D eigenvalue weighted by atomic mass is 35.5. The summed E-state index contributed by atoms with van der Waals surface area (Å²) >= 11 is 1.72. The Bertz CT molecular complexity index is 391. The summed E-state index contributed by atoms with van der Waals surface area (Å²) in [7, 11) is 0. The summed E-state index contributed by atoms with van der Waals surface area (Å²) in [6, 6.07) is 4.09. The zero-order valence-electron chi connectivity index (χ0n) is 11.0. The van der Waals surface area contributed by atoms with Crippen molar-refractivity contribution >= 4 is 30.1 Å². The molecule has 0 bridgehead atoms. The molecule has 19 heavy (non-hydrogen) atoms. The van der Waals surface area contributed by atoms with Gasteiger partial charge in [0.2, 0.25) is 5.91 Å². The fraction of sp³-hybridized carbons (Fsp3) is 0.538. The van der Waals surface area contributed by atoms with Gasteiger partial charge in [-0.2, -0.15) is 11.8 Å². The summed E-state index contributed by atoms with van der Waals surface area (Å²) in [5.41, 5.74) is 1.11. The van der Waals surface area contributed by atoms with Crippen LogP contribution in [0, 0.1) is 0 Å². The van der Waals surface area contributed by atoms with E-state index in [1.807, 2.05) is 29.5 Å². The molecule has 0 radical (unpaired) electrons. The minimum atomic E-state index is 0. The van der Waals surface area contributed by atoms with E-state index >= 15 is 0 Å². The van der Waals surface area contributed by atoms with Gasteiger partial charge in [0.05, 0.1) is 6.04 Å². The topological polar surface area (TPSA) is 45.2 Å². The number of carbonyl (C=O) groups excluding carboxylic acids is 1. The van der Waals surface area contributed by atoms with Crippen molar-refractivity contribution in [1.29, 1.82) is 0 Å². The minimum absolute atomic E-state index is 0. The van der Waals surface area contributed by atoms with Crippen LogP contribution in [-0.4, -0.2) is 47.4 Å². The third-order valence-corrected chi connectivity index (χ3v) is 3.77. The predicted octanol–water partition coefficient (Wildman–Crippen LogP) is 1.73. The van der Waals surface area contributed by atoms with E-state index in [2.05, 4.69) is 10.3 Å². The van der Waals surface area contributed by atoms with Crippen LogP contribution in [0.3, 0.4) is 0 Å². The number of aromatic nitrogens is 1. The highest BCUT2D eigenvalue weighted by Gasteiger charge is 2.27. The maximum absolute atomic E-state index is 12.2. The first kappa shape index (κ1) is 16.3. The van der Waals surface area contributed by atoms with Crippen molar-refractivity contribution in [2.45, 2.75) is 12.5 Å². The van der Waals surface area contributed by atoms with Crippen LogP contribution in [0.4, 0.5) is 0 Å². The van der Waals surface area contributed by atoms with Gasteiger partial charge in [-0.25, -0.2) is 0 Å². The van der Waals surface area contributed by atoms with Crippen molar-refractivity contribution in [3.63, 3.8) is 0 Å². The molecule has 6 heteroatoms. The van der Waals surface area contributed by atoms with Gasteiger partial charge in [0.15, 0.2) is 0 Å². The van der Waals surface area contributed by atoms with Crippen LogP contribution in [0.25, 0.3) is 0 Å². The molecule has 1 saturated heterocycles. The summed E-state index contributed by atoms with van der Waals surface area (Å²) < 4.78 is 0. The fourth-order valence-corrected chi connectivity index (χ4v) is 2.59. The largest absolute Gasteiger partial charge is 0.333 e. The second-order valence-electron chi connectivity index (χ2n) is 4.34. The highest BCUT2D eigenvalue weighted by molar-refractivity contribution is 7.98. The third-order valence-electron chi connectivity index (χ3n) is 3.15. The molecule has 106 valence electrons. The lowest BCUT2D eigenvalue weighted by atomic mass is 10.1. The molecule has 1 fully saturated rings. The molecule has 1 N–H and O–H groups in total. The smallest absolute Gasteiger partial charge is 0.224 e. The number of nitrogens with one attached hydrogen (secondary N) is 1. The maximum atomic E-state index is 12.2. The first-order chi connectivity index (χ1) is 8.83. The average Bonchev–Trinajstić information content (AvgIpc) is 2.45. The number of hydrogen-bond acceptors (Lipinski definition) is 4. The van der Waals surface area contributed by atoms with Crippen LogP contribution in [-0.2, 0) is 4.79 Å². The Morgan fingerprint density at radius 3 is 3.16 bits per heavy atom. The number of hydrogen-bond donors (Lipinski definition) is 1. The Hall–Kier alpha value is -0.780. The van der Waals surface area contributed by atoms with Crippen LogP contribution < -0.4 is 5.32 Å². The Balaban J connectivity index is 0.00000180. The maximum Gasteiger partial charge on any atom is 0.224 e. The first-order valence-electron chi connectivity index (χ1n) is 6.22. The monoisotopic (exact) mass is 301 g/mol. The molecule has 1 aliphatic rings. The van der Waals surface area contributed by atoms with Gasteiger partial charge in [0.1, 0.15) is 0 Å². The Labute approximate surface area is 124 Å². The number of piperazine rings is 1. The van der Waals surface area contributed by atoms with E-state index in [-0.39, 0.29) is 24.4 Å². The van der Waals surface area contributed by atoms with Crippen LogP contribution in [0.2, 0.25) is 0 Å². The number of nitrogens with zero attached hydrogens (tertiary/aromatic N) is 2. The molecule has 1 amide bonds. The molecule has 1 aliphatic heterocycles. The van der Waals surface area contributed by atoms with Gasteiger partial charge in [-0.15, -0.1) is 12.4 Å². The molecule has 1 unspecified atom stereocenters. The van der Waals surface area contributed by atoms with Gasteiger partial charge in [0.25, 0.3) is 0 Å². The molecule has 1 aromatic heterocycles. The fourth-order valence-electron chi connectivity index (χ4n) is 2.21. The Morgan fingerprint density at radius 1 is 1.63 bits per heavy atom. The summed E-state index contributed by atoms with van der Waals surface area (Å²) in [5.74, 6) is 1.14. The van der Waals surface area contributed by atoms with E-state index in [0.717, 1.165) is 31.0 Å². The molecule has 0 aliphatic carbocycles. The van der Waals surface area contributed by atoms with E-state index in [1.165, 1.54) is 0 Å². The summed E-state index contributed by atoms with van der Waals surface area (Å²) in [5, 5.41) is 3.35. The standard InChI is InChI=1S/C13H19N3OS.ClH/c1-18-8-4-13(17)16-7-6-15-10-12(16)11-3-2-5-14-9-11;/h2-3,5,9,12,15H,4,6-8,10H2,1H3;1H. The predicted molar refractivity (Wildman–Crippen MR) is 81.8 cm³/mol.